The Hall–Kier alpha value is -8.01. The Morgan fingerprint density at radius 2 is 0.719 bits per heavy atom. The minimum atomic E-state index is 0.538. The molecule has 5 aromatic carbocycles. The molecule has 0 aliphatic carbocycles. The van der Waals surface area contributed by atoms with E-state index in [1.807, 2.05) is 85.5 Å². The number of hydrogen-bond donors (Lipinski definition) is 0. The molecule has 0 fully saturated rings. The van der Waals surface area contributed by atoms with Crippen molar-refractivity contribution in [2.24, 2.45) is 0 Å². The highest BCUT2D eigenvalue weighted by atomic mass is 15.0. The van der Waals surface area contributed by atoms with Crippen LogP contribution in [0.3, 0.4) is 0 Å². The molecule has 0 saturated heterocycles. The second-order valence-corrected chi connectivity index (χ2v) is 13.8. The molecule has 0 atom stereocenters. The van der Waals surface area contributed by atoms with Crippen molar-refractivity contribution >= 4 is 21.8 Å². The molecule has 0 aliphatic heterocycles. The van der Waals surface area contributed by atoms with E-state index < -0.39 is 0 Å². The molecular formula is C51H32N6. The van der Waals surface area contributed by atoms with Gasteiger partial charge in [-0.15, -0.1) is 0 Å². The van der Waals surface area contributed by atoms with Gasteiger partial charge in [-0.1, -0.05) is 72.8 Å². The summed E-state index contributed by atoms with van der Waals surface area (Å²) in [5.74, 6) is 0. The second-order valence-electron chi connectivity index (χ2n) is 13.8. The van der Waals surface area contributed by atoms with E-state index in [-0.39, 0.29) is 0 Å². The smallest absolute Gasteiger partial charge is 0.102 e. The number of benzene rings is 5. The molecule has 0 N–H and O–H groups in total. The van der Waals surface area contributed by atoms with Crippen LogP contribution >= 0.6 is 0 Å². The Labute approximate surface area is 329 Å². The van der Waals surface area contributed by atoms with Crippen LogP contribution < -0.4 is 0 Å². The fraction of sp³-hybridized carbons (Fsp3) is 0. The van der Waals surface area contributed by atoms with Gasteiger partial charge >= 0.3 is 0 Å². The number of rotatable bonds is 7. The maximum Gasteiger partial charge on any atom is 0.102 e. The molecule has 10 rings (SSSR count). The molecule has 0 bridgehead atoms. The number of nitriles is 1. The van der Waals surface area contributed by atoms with Gasteiger partial charge in [-0.05, 0) is 123 Å². The molecule has 0 unspecified atom stereocenters. The average Bonchev–Trinajstić information content (AvgIpc) is 3.62. The molecule has 266 valence electrons. The van der Waals surface area contributed by atoms with Gasteiger partial charge < -0.3 is 4.57 Å². The van der Waals surface area contributed by atoms with Crippen LogP contribution in [-0.2, 0) is 0 Å². The number of hydrogen-bond acceptors (Lipinski definition) is 5. The first-order valence-corrected chi connectivity index (χ1v) is 18.7. The van der Waals surface area contributed by atoms with Crippen LogP contribution in [0.25, 0.3) is 94.3 Å². The largest absolute Gasteiger partial charge is 0.307 e. The minimum Gasteiger partial charge on any atom is -0.307 e. The summed E-state index contributed by atoms with van der Waals surface area (Å²) in [6.07, 6.45) is 14.4. The Kier molecular flexibility index (Phi) is 8.44. The molecule has 5 heterocycles. The first-order valence-electron chi connectivity index (χ1n) is 18.7. The van der Waals surface area contributed by atoms with Gasteiger partial charge in [0, 0.05) is 77.0 Å². The Morgan fingerprint density at radius 1 is 0.351 bits per heavy atom. The lowest BCUT2D eigenvalue weighted by Gasteiger charge is -2.26. The molecule has 57 heavy (non-hydrogen) atoms. The molecule has 0 radical (unpaired) electrons. The molecule has 0 aliphatic rings. The number of nitrogens with zero attached hydrogens (tertiary/aromatic N) is 6. The topological polar surface area (TPSA) is 80.3 Å². The molecule has 10 aromatic rings. The summed E-state index contributed by atoms with van der Waals surface area (Å²) in [6, 6.07) is 53.2. The van der Waals surface area contributed by atoms with Crippen molar-refractivity contribution in [3.8, 4) is 78.5 Å². The lowest BCUT2D eigenvalue weighted by atomic mass is 9.79. The third-order valence-corrected chi connectivity index (χ3v) is 10.7. The van der Waals surface area contributed by atoms with E-state index in [1.54, 1.807) is 24.8 Å². The third-order valence-electron chi connectivity index (χ3n) is 10.7. The first-order chi connectivity index (χ1) is 28.3. The molecular weight excluding hydrogens is 697 g/mol. The summed E-state index contributed by atoms with van der Waals surface area (Å²) in [5.41, 5.74) is 15.1. The number of aromatic nitrogens is 5. The van der Waals surface area contributed by atoms with Gasteiger partial charge in [0.1, 0.15) is 6.07 Å². The van der Waals surface area contributed by atoms with Crippen molar-refractivity contribution in [2.75, 3.05) is 0 Å². The van der Waals surface area contributed by atoms with Gasteiger partial charge in [-0.2, -0.15) is 5.26 Å². The van der Waals surface area contributed by atoms with Gasteiger partial charge in [0.2, 0.25) is 0 Å². The summed E-state index contributed by atoms with van der Waals surface area (Å²) < 4.78 is 2.30. The van der Waals surface area contributed by atoms with Crippen molar-refractivity contribution in [3.05, 3.63) is 201 Å². The van der Waals surface area contributed by atoms with Crippen molar-refractivity contribution < 1.29 is 0 Å². The van der Waals surface area contributed by atoms with E-state index in [9.17, 15) is 5.26 Å². The monoisotopic (exact) mass is 728 g/mol. The van der Waals surface area contributed by atoms with Gasteiger partial charge in [0.15, 0.2) is 0 Å². The van der Waals surface area contributed by atoms with Crippen LogP contribution in [0.5, 0.6) is 0 Å². The second kappa shape index (κ2) is 14.3. The van der Waals surface area contributed by atoms with Crippen LogP contribution in [0.1, 0.15) is 5.56 Å². The fourth-order valence-electron chi connectivity index (χ4n) is 8.18. The predicted molar refractivity (Wildman–Crippen MR) is 229 cm³/mol. The summed E-state index contributed by atoms with van der Waals surface area (Å²) in [7, 11) is 0. The summed E-state index contributed by atoms with van der Waals surface area (Å²) >= 11 is 0. The molecule has 0 saturated carbocycles. The molecule has 6 heteroatoms. The lowest BCUT2D eigenvalue weighted by Crippen LogP contribution is -2.07. The highest BCUT2D eigenvalue weighted by Gasteiger charge is 2.30. The number of fused-ring (bicyclic) bond motifs is 3. The normalized spacial score (nSPS) is 11.1. The lowest BCUT2D eigenvalue weighted by molar-refractivity contribution is 1.17. The standard InChI is InChI=1S/C51H32N6/c52-33-44-47(36-15-23-53-24-16-36)48(37-17-25-54-26-18-37)49(38-19-27-55-28-20-38)50(39-21-29-56-30-22-39)51(44)57-45-13-11-40(34-7-3-1-4-8-34)31-42(45)43-32-41(12-14-46(43)57)35-9-5-2-6-10-35/h1-32H. The SMILES string of the molecule is N#Cc1c(-c2ccncc2)c(-c2ccncc2)c(-c2ccncc2)c(-c2ccncc2)c1-n1c2ccc(-c3ccccc3)cc2c2cc(-c3ccccc3)ccc21. The van der Waals surface area contributed by atoms with Gasteiger partial charge in [0.05, 0.1) is 22.3 Å². The van der Waals surface area contributed by atoms with E-state index in [1.165, 1.54) is 0 Å². The van der Waals surface area contributed by atoms with Gasteiger partial charge in [-0.3, -0.25) is 19.9 Å². The van der Waals surface area contributed by atoms with Gasteiger partial charge in [-0.25, -0.2) is 0 Å². The van der Waals surface area contributed by atoms with Crippen LogP contribution in [0.4, 0.5) is 0 Å². The predicted octanol–water partition coefficient (Wildman–Crippen LogP) is 12.2. The zero-order chi connectivity index (χ0) is 38.1. The Bertz CT molecular complexity index is 2990. The number of pyridine rings is 4. The van der Waals surface area contributed by atoms with E-state index in [0.717, 1.165) is 94.3 Å². The zero-order valence-electron chi connectivity index (χ0n) is 30.7. The van der Waals surface area contributed by atoms with Crippen LogP contribution in [0, 0.1) is 11.3 Å². The van der Waals surface area contributed by atoms with E-state index in [2.05, 4.69) is 116 Å². The van der Waals surface area contributed by atoms with Crippen molar-refractivity contribution in [1.82, 2.24) is 24.5 Å². The van der Waals surface area contributed by atoms with Crippen LogP contribution in [0.2, 0.25) is 0 Å². The highest BCUT2D eigenvalue weighted by Crippen LogP contribution is 2.52. The molecule has 5 aromatic heterocycles. The third kappa shape index (κ3) is 5.83. The van der Waals surface area contributed by atoms with Crippen molar-refractivity contribution in [3.63, 3.8) is 0 Å². The zero-order valence-corrected chi connectivity index (χ0v) is 30.7. The Balaban J connectivity index is 1.44. The van der Waals surface area contributed by atoms with Crippen LogP contribution in [-0.4, -0.2) is 24.5 Å². The molecule has 0 amide bonds. The van der Waals surface area contributed by atoms with Crippen molar-refractivity contribution in [1.29, 1.82) is 5.26 Å². The van der Waals surface area contributed by atoms with Gasteiger partial charge in [0.25, 0.3) is 0 Å². The maximum absolute atomic E-state index is 11.7. The maximum atomic E-state index is 11.7. The molecule has 6 nitrogen and oxygen atoms in total. The quantitative estimate of drug-likeness (QED) is 0.163. The fourth-order valence-corrected chi connectivity index (χ4v) is 8.18. The van der Waals surface area contributed by atoms with Crippen LogP contribution in [0.15, 0.2) is 195 Å². The summed E-state index contributed by atoms with van der Waals surface area (Å²) in [4.78, 5) is 17.6. The van der Waals surface area contributed by atoms with E-state index >= 15 is 0 Å². The minimum absolute atomic E-state index is 0.538. The van der Waals surface area contributed by atoms with E-state index in [0.29, 0.717) is 5.56 Å². The first kappa shape index (κ1) is 33.6. The highest BCUT2D eigenvalue weighted by molar-refractivity contribution is 6.15. The van der Waals surface area contributed by atoms with E-state index in [4.69, 9.17) is 0 Å². The average molecular weight is 729 g/mol. The summed E-state index contributed by atoms with van der Waals surface area (Å²) in [6.45, 7) is 0. The summed E-state index contributed by atoms with van der Waals surface area (Å²) in [5, 5.41) is 13.9. The molecule has 0 spiro atoms. The Morgan fingerprint density at radius 3 is 1.12 bits per heavy atom. The van der Waals surface area contributed by atoms with Crippen molar-refractivity contribution in [2.45, 2.75) is 0 Å².